The van der Waals surface area contributed by atoms with Gasteiger partial charge in [0.05, 0.1) is 11.8 Å². The van der Waals surface area contributed by atoms with E-state index in [1.807, 2.05) is 53.5 Å². The summed E-state index contributed by atoms with van der Waals surface area (Å²) in [6.07, 6.45) is 2.08. The van der Waals surface area contributed by atoms with Gasteiger partial charge >= 0.3 is 0 Å². The average Bonchev–Trinajstić information content (AvgIpc) is 3.14. The number of nitrogens with zero attached hydrogens (tertiary/aromatic N) is 3. The Labute approximate surface area is 161 Å². The Hall–Kier alpha value is -3.05. The summed E-state index contributed by atoms with van der Waals surface area (Å²) in [6, 6.07) is 18.6. The largest absolute Gasteiger partial charge is 0.508 e. The van der Waals surface area contributed by atoms with Gasteiger partial charge in [0.25, 0.3) is 0 Å². The Morgan fingerprint density at radius 2 is 1.93 bits per heavy atom. The molecule has 0 unspecified atom stereocenters. The quantitative estimate of drug-likeness (QED) is 0.704. The van der Waals surface area contributed by atoms with E-state index >= 15 is 0 Å². The van der Waals surface area contributed by atoms with Crippen LogP contribution in [0.2, 0.25) is 5.02 Å². The molecule has 134 valence electrons. The molecule has 2 aromatic carbocycles. The van der Waals surface area contributed by atoms with Crippen molar-refractivity contribution >= 4 is 17.3 Å². The van der Waals surface area contributed by atoms with Crippen molar-refractivity contribution in [3.63, 3.8) is 0 Å². The van der Waals surface area contributed by atoms with Crippen LogP contribution in [0.4, 0.5) is 0 Å². The van der Waals surface area contributed by atoms with Crippen LogP contribution in [0.15, 0.2) is 72.0 Å². The maximum absolute atomic E-state index is 9.56. The zero-order chi connectivity index (χ0) is 18.4. The first-order chi connectivity index (χ1) is 13.2. The molecular formula is C21H16ClN3O2. The number of ether oxygens (including phenoxy) is 1. The van der Waals surface area contributed by atoms with Gasteiger partial charge in [-0.05, 0) is 60.2 Å². The highest BCUT2D eigenvalue weighted by Crippen LogP contribution is 2.47. The molecule has 0 spiro atoms. The molecule has 6 heteroatoms. The Bertz CT molecular complexity index is 1020. The molecule has 1 N–H and O–H groups in total. The predicted octanol–water partition coefficient (Wildman–Crippen LogP) is 4.68. The summed E-state index contributed by atoms with van der Waals surface area (Å²) in [5.74, 6) is 1.04. The van der Waals surface area contributed by atoms with E-state index in [9.17, 15) is 5.11 Å². The number of phenolic OH excluding ortho intramolecular Hbond substituents is 1. The molecule has 5 nitrogen and oxygen atoms in total. The summed E-state index contributed by atoms with van der Waals surface area (Å²) < 4.78 is 6.25. The summed E-state index contributed by atoms with van der Waals surface area (Å²) in [6.45, 7) is 0. The first kappa shape index (κ1) is 16.1. The van der Waals surface area contributed by atoms with Crippen LogP contribution in [0.25, 0.3) is 0 Å². The summed E-state index contributed by atoms with van der Waals surface area (Å²) in [4.78, 5) is 4.47. The van der Waals surface area contributed by atoms with Gasteiger partial charge in [0.15, 0.2) is 0 Å². The number of benzene rings is 2. The van der Waals surface area contributed by atoms with Gasteiger partial charge in [-0.25, -0.2) is 5.01 Å². The molecule has 0 aliphatic carbocycles. The molecule has 5 rings (SSSR count). The number of hydrogen-bond donors (Lipinski definition) is 1. The van der Waals surface area contributed by atoms with Crippen molar-refractivity contribution in [3.05, 3.63) is 88.7 Å². The number of phenols is 1. The molecule has 0 saturated carbocycles. The van der Waals surface area contributed by atoms with Gasteiger partial charge in [0.2, 0.25) is 6.23 Å². The predicted molar refractivity (Wildman–Crippen MR) is 103 cm³/mol. The maximum Gasteiger partial charge on any atom is 0.230 e. The van der Waals surface area contributed by atoms with Crippen LogP contribution in [-0.4, -0.2) is 20.8 Å². The van der Waals surface area contributed by atoms with Crippen LogP contribution in [0.3, 0.4) is 0 Å². The van der Waals surface area contributed by atoms with Crippen molar-refractivity contribution in [3.8, 4) is 11.5 Å². The summed E-state index contributed by atoms with van der Waals surface area (Å²) in [5, 5.41) is 17.1. The number of halogens is 1. The van der Waals surface area contributed by atoms with E-state index in [2.05, 4.69) is 4.98 Å². The number of aromatic nitrogens is 1. The molecule has 0 saturated heterocycles. The third-order valence-corrected chi connectivity index (χ3v) is 5.13. The maximum atomic E-state index is 9.56. The smallest absolute Gasteiger partial charge is 0.230 e. The highest BCUT2D eigenvalue weighted by atomic mass is 35.5. The van der Waals surface area contributed by atoms with Crippen molar-refractivity contribution in [1.29, 1.82) is 0 Å². The molecule has 0 fully saturated rings. The Balaban J connectivity index is 1.60. The lowest BCUT2D eigenvalue weighted by molar-refractivity contribution is -0.0218. The van der Waals surface area contributed by atoms with Crippen molar-refractivity contribution in [2.75, 3.05) is 0 Å². The zero-order valence-corrected chi connectivity index (χ0v) is 15.0. The Morgan fingerprint density at radius 3 is 2.70 bits per heavy atom. The third kappa shape index (κ3) is 2.80. The lowest BCUT2D eigenvalue weighted by Crippen LogP contribution is -2.34. The highest BCUT2D eigenvalue weighted by molar-refractivity contribution is 6.30. The zero-order valence-electron chi connectivity index (χ0n) is 14.3. The van der Waals surface area contributed by atoms with E-state index in [1.165, 1.54) is 0 Å². The second-order valence-corrected chi connectivity index (χ2v) is 7.04. The van der Waals surface area contributed by atoms with Gasteiger partial charge in [-0.1, -0.05) is 17.7 Å². The number of hydrogen-bond acceptors (Lipinski definition) is 5. The number of rotatable bonds is 2. The summed E-state index contributed by atoms with van der Waals surface area (Å²) in [5.41, 5.74) is 3.74. The van der Waals surface area contributed by atoms with Crippen molar-refractivity contribution in [1.82, 2.24) is 9.99 Å². The monoisotopic (exact) mass is 377 g/mol. The third-order valence-electron chi connectivity index (χ3n) is 4.89. The fraction of sp³-hybridized carbons (Fsp3) is 0.143. The molecule has 2 aliphatic heterocycles. The second kappa shape index (κ2) is 6.28. The molecule has 0 bridgehead atoms. The number of pyridine rings is 1. The van der Waals surface area contributed by atoms with Gasteiger partial charge in [0.1, 0.15) is 17.2 Å². The second-order valence-electron chi connectivity index (χ2n) is 6.60. The van der Waals surface area contributed by atoms with Crippen LogP contribution >= 0.6 is 11.6 Å². The fourth-order valence-corrected chi connectivity index (χ4v) is 3.78. The first-order valence-corrected chi connectivity index (χ1v) is 9.09. The SMILES string of the molecule is Oc1ccc(C2=NN3[C@@H](C2)c2cc(Cl)ccc2O[C@H]3c2ccccn2)cc1. The lowest BCUT2D eigenvalue weighted by Gasteiger charge is -2.37. The molecule has 2 aliphatic rings. The van der Waals surface area contributed by atoms with E-state index in [4.69, 9.17) is 21.4 Å². The van der Waals surface area contributed by atoms with Gasteiger partial charge in [-0.2, -0.15) is 5.10 Å². The van der Waals surface area contributed by atoms with Crippen LogP contribution in [0.1, 0.15) is 35.5 Å². The van der Waals surface area contributed by atoms with E-state index in [-0.39, 0.29) is 11.8 Å². The average molecular weight is 378 g/mol. The standard InChI is InChI=1S/C21H16ClN3O2/c22-14-6-9-20-16(11-14)19-12-18(13-4-7-15(26)8-5-13)24-25(19)21(27-20)17-3-1-2-10-23-17/h1-11,19,21,26H,12H2/t19-,21-/m0/s1. The molecule has 1 aromatic heterocycles. The number of fused-ring (bicyclic) bond motifs is 3. The van der Waals surface area contributed by atoms with Crippen molar-refractivity contribution < 1.29 is 9.84 Å². The summed E-state index contributed by atoms with van der Waals surface area (Å²) >= 11 is 6.24. The van der Waals surface area contributed by atoms with Gasteiger partial charge in [0, 0.05) is 23.2 Å². The fourth-order valence-electron chi connectivity index (χ4n) is 3.60. The van der Waals surface area contributed by atoms with E-state index in [1.54, 1.807) is 18.3 Å². The topological polar surface area (TPSA) is 58.0 Å². The highest BCUT2D eigenvalue weighted by Gasteiger charge is 2.41. The van der Waals surface area contributed by atoms with E-state index in [0.717, 1.165) is 34.7 Å². The van der Waals surface area contributed by atoms with Crippen LogP contribution in [0, 0.1) is 0 Å². The van der Waals surface area contributed by atoms with Crippen LogP contribution in [0.5, 0.6) is 11.5 Å². The first-order valence-electron chi connectivity index (χ1n) is 8.71. The minimum atomic E-state index is -0.403. The van der Waals surface area contributed by atoms with Crippen LogP contribution in [-0.2, 0) is 0 Å². The molecule has 27 heavy (non-hydrogen) atoms. The summed E-state index contributed by atoms with van der Waals surface area (Å²) in [7, 11) is 0. The van der Waals surface area contributed by atoms with Gasteiger partial charge in [-0.15, -0.1) is 0 Å². The number of aromatic hydroxyl groups is 1. The Morgan fingerprint density at radius 1 is 1.07 bits per heavy atom. The molecule has 0 radical (unpaired) electrons. The molecular weight excluding hydrogens is 362 g/mol. The molecule has 3 aromatic rings. The van der Waals surface area contributed by atoms with Crippen molar-refractivity contribution in [2.45, 2.75) is 18.7 Å². The van der Waals surface area contributed by atoms with E-state index < -0.39 is 6.23 Å². The molecule has 0 amide bonds. The molecule has 2 atom stereocenters. The van der Waals surface area contributed by atoms with E-state index in [0.29, 0.717) is 5.02 Å². The number of hydrazone groups is 1. The van der Waals surface area contributed by atoms with Crippen molar-refractivity contribution in [2.24, 2.45) is 5.10 Å². The molecule has 3 heterocycles. The lowest BCUT2D eigenvalue weighted by atomic mass is 9.96. The van der Waals surface area contributed by atoms with Crippen LogP contribution < -0.4 is 4.74 Å². The minimum Gasteiger partial charge on any atom is -0.508 e. The Kier molecular flexibility index (Phi) is 3.76. The normalized spacial score (nSPS) is 20.5. The minimum absolute atomic E-state index is 0.0169. The van der Waals surface area contributed by atoms with Gasteiger partial charge in [-0.3, -0.25) is 4.98 Å². The van der Waals surface area contributed by atoms with Gasteiger partial charge < -0.3 is 9.84 Å².